The van der Waals surface area contributed by atoms with E-state index in [-0.39, 0.29) is 4.58 Å². The number of rotatable bonds is 8. The summed E-state index contributed by atoms with van der Waals surface area (Å²) >= 11 is 3.71. The summed E-state index contributed by atoms with van der Waals surface area (Å²) in [6.45, 7) is 0. The van der Waals surface area contributed by atoms with Crippen LogP contribution in [0.4, 0.5) is 5.69 Å². The minimum atomic E-state index is 0.210. The van der Waals surface area contributed by atoms with Gasteiger partial charge in [0.1, 0.15) is 5.75 Å². The molecule has 2 nitrogen and oxygen atoms in total. The van der Waals surface area contributed by atoms with Gasteiger partial charge in [-0.25, -0.2) is 4.99 Å². The number of aliphatic imine (C=N–C) groups is 1. The summed E-state index contributed by atoms with van der Waals surface area (Å²) in [5.41, 5.74) is 3.86. The molecule has 0 fully saturated rings. The molecule has 0 aromatic heterocycles. The number of ether oxygens (including phenoxy) is 1. The third-order valence-corrected chi connectivity index (χ3v) is 8.20. The van der Waals surface area contributed by atoms with Gasteiger partial charge in [-0.1, -0.05) is 60.7 Å². The monoisotopic (exact) mass is 481 g/mol. The van der Waals surface area contributed by atoms with Crippen molar-refractivity contribution < 1.29 is 4.74 Å². The first-order valence-corrected chi connectivity index (χ1v) is 13.4. The molecule has 4 aromatic carbocycles. The van der Waals surface area contributed by atoms with Crippen LogP contribution in [0.15, 0.2) is 124 Å². The second kappa shape index (κ2) is 11.5. The molecular weight excluding hydrogens is 454 g/mol. The van der Waals surface area contributed by atoms with Crippen molar-refractivity contribution in [3.8, 4) is 5.75 Å². The smallest absolute Gasteiger partial charge is 0.197 e. The zero-order valence-corrected chi connectivity index (χ0v) is 20.6. The first kappa shape index (κ1) is 22.8. The van der Waals surface area contributed by atoms with Crippen LogP contribution >= 0.6 is 23.5 Å². The van der Waals surface area contributed by atoms with Crippen LogP contribution in [0, 0.1) is 0 Å². The lowest BCUT2D eigenvalue weighted by Gasteiger charge is -2.18. The highest BCUT2D eigenvalue weighted by Gasteiger charge is 2.19. The Hall–Kier alpha value is -2.95. The number of fused-ring (bicyclic) bond motifs is 1. The van der Waals surface area contributed by atoms with E-state index in [0.717, 1.165) is 23.8 Å². The molecule has 1 aliphatic carbocycles. The van der Waals surface area contributed by atoms with Gasteiger partial charge in [0.15, 0.2) is 5.90 Å². The number of hydrogen-bond acceptors (Lipinski definition) is 4. The van der Waals surface area contributed by atoms with Crippen LogP contribution in [0.25, 0.3) is 0 Å². The number of hydrogen-bond donors (Lipinski definition) is 0. The Labute approximate surface area is 210 Å². The molecule has 0 atom stereocenters. The summed E-state index contributed by atoms with van der Waals surface area (Å²) in [6, 6.07) is 37.7. The Balaban J connectivity index is 1.44. The lowest BCUT2D eigenvalue weighted by atomic mass is 10.1. The standard InChI is InChI=1S/C30H27NOS2/c1-4-13-26(14-5-1)32-29(31-25-20-19-23-11-10-12-24(23)21-25)22-30(33-27-15-6-2-7-16-27)34-28-17-8-3-9-18-28/h1-9,13-21,30H,10-12,22H2. The molecule has 34 heavy (non-hydrogen) atoms. The van der Waals surface area contributed by atoms with Gasteiger partial charge < -0.3 is 4.74 Å². The van der Waals surface area contributed by atoms with Gasteiger partial charge in [-0.3, -0.25) is 0 Å². The van der Waals surface area contributed by atoms with Gasteiger partial charge >= 0.3 is 0 Å². The topological polar surface area (TPSA) is 21.6 Å². The van der Waals surface area contributed by atoms with E-state index in [1.54, 1.807) is 0 Å². The Morgan fingerprint density at radius 2 is 1.29 bits per heavy atom. The minimum absolute atomic E-state index is 0.210. The Morgan fingerprint density at radius 3 is 1.94 bits per heavy atom. The number of para-hydroxylation sites is 1. The molecule has 4 aromatic rings. The highest BCUT2D eigenvalue weighted by Crippen LogP contribution is 2.38. The Kier molecular flexibility index (Phi) is 7.69. The SMILES string of the molecule is c1ccc(OC(CC(Sc2ccccc2)Sc2ccccc2)=Nc2ccc3c(c2)CCC3)cc1. The molecule has 0 unspecified atom stereocenters. The maximum atomic E-state index is 6.37. The van der Waals surface area contributed by atoms with E-state index < -0.39 is 0 Å². The highest BCUT2D eigenvalue weighted by atomic mass is 32.2. The molecule has 0 spiro atoms. The molecule has 0 saturated carbocycles. The summed E-state index contributed by atoms with van der Waals surface area (Å²) < 4.78 is 6.58. The molecular formula is C30H27NOS2. The summed E-state index contributed by atoms with van der Waals surface area (Å²) in [7, 11) is 0. The molecule has 0 saturated heterocycles. The van der Waals surface area contributed by atoms with Crippen LogP contribution in [0.1, 0.15) is 24.0 Å². The first-order chi connectivity index (χ1) is 16.8. The third kappa shape index (κ3) is 6.34. The molecule has 0 amide bonds. The molecule has 0 radical (unpaired) electrons. The van der Waals surface area contributed by atoms with Crippen LogP contribution in [-0.4, -0.2) is 10.5 Å². The molecule has 0 N–H and O–H groups in total. The van der Waals surface area contributed by atoms with E-state index in [1.807, 2.05) is 53.9 Å². The fourth-order valence-corrected chi connectivity index (χ4v) is 6.60. The number of thioether (sulfide) groups is 2. The van der Waals surface area contributed by atoms with E-state index in [4.69, 9.17) is 9.73 Å². The summed E-state index contributed by atoms with van der Waals surface area (Å²) in [5, 5.41) is 0. The van der Waals surface area contributed by atoms with Gasteiger partial charge in [0.25, 0.3) is 0 Å². The van der Waals surface area contributed by atoms with Crippen molar-refractivity contribution in [3.63, 3.8) is 0 Å². The van der Waals surface area contributed by atoms with Crippen LogP contribution in [-0.2, 0) is 12.8 Å². The average Bonchev–Trinajstić information content (AvgIpc) is 3.34. The third-order valence-electron chi connectivity index (χ3n) is 5.68. The lowest BCUT2D eigenvalue weighted by molar-refractivity contribution is 0.535. The normalized spacial score (nSPS) is 13.1. The maximum absolute atomic E-state index is 6.37. The summed E-state index contributed by atoms with van der Waals surface area (Å²) in [4.78, 5) is 7.51. The van der Waals surface area contributed by atoms with Crippen LogP contribution in [0.2, 0.25) is 0 Å². The first-order valence-electron chi connectivity index (χ1n) is 11.7. The van der Waals surface area contributed by atoms with E-state index in [2.05, 4.69) is 78.9 Å². The second-order valence-electron chi connectivity index (χ2n) is 8.22. The van der Waals surface area contributed by atoms with Crippen molar-refractivity contribution in [2.75, 3.05) is 0 Å². The van der Waals surface area contributed by atoms with Gasteiger partial charge in [-0.2, -0.15) is 0 Å². The van der Waals surface area contributed by atoms with Gasteiger partial charge in [-0.05, 0) is 78.9 Å². The van der Waals surface area contributed by atoms with Gasteiger partial charge in [0.2, 0.25) is 0 Å². The Bertz CT molecular complexity index is 1190. The van der Waals surface area contributed by atoms with Gasteiger partial charge in [0, 0.05) is 16.2 Å². The van der Waals surface area contributed by atoms with Crippen molar-refractivity contribution in [1.29, 1.82) is 0 Å². The zero-order chi connectivity index (χ0) is 23.0. The van der Waals surface area contributed by atoms with Crippen molar-refractivity contribution in [2.24, 2.45) is 4.99 Å². The Morgan fingerprint density at radius 1 is 0.706 bits per heavy atom. The maximum Gasteiger partial charge on any atom is 0.197 e. The van der Waals surface area contributed by atoms with Crippen molar-refractivity contribution in [2.45, 2.75) is 40.1 Å². The lowest BCUT2D eigenvalue weighted by Crippen LogP contribution is -2.14. The van der Waals surface area contributed by atoms with E-state index in [9.17, 15) is 0 Å². The fraction of sp³-hybridized carbons (Fsp3) is 0.167. The molecule has 4 heteroatoms. The quantitative estimate of drug-likeness (QED) is 0.109. The molecule has 0 bridgehead atoms. The van der Waals surface area contributed by atoms with Crippen molar-refractivity contribution >= 4 is 35.1 Å². The average molecular weight is 482 g/mol. The predicted molar refractivity (Wildman–Crippen MR) is 146 cm³/mol. The van der Waals surface area contributed by atoms with Crippen molar-refractivity contribution in [1.82, 2.24) is 0 Å². The largest absolute Gasteiger partial charge is 0.443 e. The second-order valence-corrected chi connectivity index (χ2v) is 11.1. The van der Waals surface area contributed by atoms with E-state index in [1.165, 1.54) is 33.8 Å². The van der Waals surface area contributed by atoms with E-state index in [0.29, 0.717) is 6.42 Å². The van der Waals surface area contributed by atoms with Gasteiger partial charge in [-0.15, -0.1) is 23.5 Å². The molecule has 170 valence electrons. The minimum Gasteiger partial charge on any atom is -0.443 e. The predicted octanol–water partition coefficient (Wildman–Crippen LogP) is 8.59. The number of aryl methyl sites for hydroxylation is 2. The summed E-state index contributed by atoms with van der Waals surface area (Å²) in [6.07, 6.45) is 4.25. The zero-order valence-electron chi connectivity index (χ0n) is 19.0. The molecule has 0 aliphatic heterocycles. The fourth-order valence-electron chi connectivity index (χ4n) is 4.06. The van der Waals surface area contributed by atoms with Crippen LogP contribution < -0.4 is 4.74 Å². The highest BCUT2D eigenvalue weighted by molar-refractivity contribution is 8.17. The van der Waals surface area contributed by atoms with Crippen LogP contribution in [0.3, 0.4) is 0 Å². The summed E-state index contributed by atoms with van der Waals surface area (Å²) in [5.74, 6) is 1.55. The molecule has 1 aliphatic rings. The molecule has 0 heterocycles. The number of benzene rings is 4. The number of nitrogens with zero attached hydrogens (tertiary/aromatic N) is 1. The van der Waals surface area contributed by atoms with Crippen molar-refractivity contribution in [3.05, 3.63) is 120 Å². The van der Waals surface area contributed by atoms with Crippen LogP contribution in [0.5, 0.6) is 5.75 Å². The van der Waals surface area contributed by atoms with Gasteiger partial charge in [0.05, 0.1) is 10.3 Å². The van der Waals surface area contributed by atoms with E-state index >= 15 is 0 Å². The molecule has 5 rings (SSSR count).